The van der Waals surface area contributed by atoms with Gasteiger partial charge in [0, 0.05) is 11.6 Å². The molecule has 9 heteroatoms. The first-order chi connectivity index (χ1) is 9.92. The molecule has 0 bridgehead atoms. The Balaban J connectivity index is 2.46. The number of carbonyl (C=O) groups is 1. The Kier molecular flexibility index (Phi) is 3.83. The highest BCUT2D eigenvalue weighted by atomic mass is 19.1. The van der Waals surface area contributed by atoms with Crippen molar-refractivity contribution >= 4 is 17.5 Å². The third kappa shape index (κ3) is 2.96. The first-order valence-electron chi connectivity index (χ1n) is 5.81. The van der Waals surface area contributed by atoms with E-state index in [0.717, 1.165) is 18.2 Å². The van der Waals surface area contributed by atoms with Crippen molar-refractivity contribution in [3.05, 3.63) is 39.8 Å². The molecule has 2 N–H and O–H groups in total. The summed E-state index contributed by atoms with van der Waals surface area (Å²) in [5.74, 6) is -2.15. The Morgan fingerprint density at radius 2 is 2.24 bits per heavy atom. The van der Waals surface area contributed by atoms with Crippen LogP contribution in [0.4, 0.5) is 16.0 Å². The maximum absolute atomic E-state index is 13.4. The second-order valence-electron chi connectivity index (χ2n) is 3.91. The van der Waals surface area contributed by atoms with Crippen molar-refractivity contribution in [1.82, 2.24) is 4.98 Å². The van der Waals surface area contributed by atoms with E-state index in [4.69, 9.17) is 14.9 Å². The van der Waals surface area contributed by atoms with Crippen LogP contribution in [-0.4, -0.2) is 22.5 Å². The van der Waals surface area contributed by atoms with Crippen LogP contribution in [0.5, 0.6) is 0 Å². The van der Waals surface area contributed by atoms with Gasteiger partial charge in [-0.1, -0.05) is 0 Å². The molecule has 0 unspecified atom stereocenters. The molecule has 110 valence electrons. The van der Waals surface area contributed by atoms with Crippen LogP contribution in [0.2, 0.25) is 0 Å². The van der Waals surface area contributed by atoms with Crippen molar-refractivity contribution in [3.8, 4) is 11.5 Å². The predicted molar refractivity (Wildman–Crippen MR) is 68.9 cm³/mol. The van der Waals surface area contributed by atoms with E-state index in [1.807, 2.05) is 0 Å². The molecule has 2 aromatic rings. The zero-order chi connectivity index (χ0) is 15.6. The van der Waals surface area contributed by atoms with E-state index < -0.39 is 22.4 Å². The van der Waals surface area contributed by atoms with Crippen LogP contribution in [0.15, 0.2) is 22.6 Å². The predicted octanol–water partition coefficient (Wildman–Crippen LogP) is 2.15. The number of halogens is 1. The lowest BCUT2D eigenvalue weighted by molar-refractivity contribution is -0.385. The van der Waals surface area contributed by atoms with E-state index in [1.54, 1.807) is 6.92 Å². The molecule has 0 aliphatic carbocycles. The number of hydrogen-bond acceptors (Lipinski definition) is 7. The molecule has 21 heavy (non-hydrogen) atoms. The van der Waals surface area contributed by atoms with E-state index in [9.17, 15) is 19.3 Å². The summed E-state index contributed by atoms with van der Waals surface area (Å²) in [6.07, 6.45) is 0. The molecule has 0 saturated heterocycles. The fourth-order valence-electron chi connectivity index (χ4n) is 1.60. The van der Waals surface area contributed by atoms with Crippen LogP contribution in [0.1, 0.15) is 17.4 Å². The van der Waals surface area contributed by atoms with Gasteiger partial charge in [0.15, 0.2) is 0 Å². The summed E-state index contributed by atoms with van der Waals surface area (Å²) in [5, 5.41) is 10.7. The van der Waals surface area contributed by atoms with Crippen molar-refractivity contribution in [2.75, 3.05) is 12.3 Å². The zero-order valence-corrected chi connectivity index (χ0v) is 10.8. The molecule has 1 aromatic heterocycles. The summed E-state index contributed by atoms with van der Waals surface area (Å²) in [4.78, 5) is 25.3. The summed E-state index contributed by atoms with van der Waals surface area (Å²) in [7, 11) is 0. The van der Waals surface area contributed by atoms with Crippen molar-refractivity contribution in [2.45, 2.75) is 6.92 Å². The van der Waals surface area contributed by atoms with Gasteiger partial charge in [0.1, 0.15) is 5.82 Å². The number of ether oxygens (including phenoxy) is 1. The van der Waals surface area contributed by atoms with Crippen LogP contribution in [-0.2, 0) is 4.74 Å². The third-order valence-corrected chi connectivity index (χ3v) is 2.46. The van der Waals surface area contributed by atoms with Gasteiger partial charge in [-0.2, -0.15) is 4.98 Å². The van der Waals surface area contributed by atoms with Crippen molar-refractivity contribution in [3.63, 3.8) is 0 Å². The maximum atomic E-state index is 13.4. The molecule has 0 fully saturated rings. The minimum absolute atomic E-state index is 0.0102. The number of nitrogens with two attached hydrogens (primary N) is 1. The Morgan fingerprint density at radius 3 is 2.86 bits per heavy atom. The highest BCUT2D eigenvalue weighted by Gasteiger charge is 2.21. The average molecular weight is 295 g/mol. The van der Waals surface area contributed by atoms with E-state index in [0.29, 0.717) is 0 Å². The number of non-ortho nitro benzene ring substituents is 1. The molecule has 0 spiro atoms. The fourth-order valence-corrected chi connectivity index (χ4v) is 1.60. The Bertz CT molecular complexity index is 713. The lowest BCUT2D eigenvalue weighted by Gasteiger charge is -1.97. The molecule has 0 radical (unpaired) electrons. The number of esters is 1. The summed E-state index contributed by atoms with van der Waals surface area (Å²) in [6, 6.07) is 2.79. The molecule has 8 nitrogen and oxygen atoms in total. The van der Waals surface area contributed by atoms with Crippen LogP contribution >= 0.6 is 0 Å². The maximum Gasteiger partial charge on any atom is 0.362 e. The van der Waals surface area contributed by atoms with Gasteiger partial charge in [-0.15, -0.1) is 0 Å². The summed E-state index contributed by atoms with van der Waals surface area (Å²) in [5.41, 5.74) is 4.74. The smallest absolute Gasteiger partial charge is 0.362 e. The first kappa shape index (κ1) is 14.4. The topological polar surface area (TPSA) is 121 Å². The molecular weight excluding hydrogens is 285 g/mol. The van der Waals surface area contributed by atoms with Crippen LogP contribution in [0, 0.1) is 15.9 Å². The van der Waals surface area contributed by atoms with Gasteiger partial charge in [0.2, 0.25) is 17.5 Å². The number of oxazole rings is 1. The van der Waals surface area contributed by atoms with E-state index in [1.165, 1.54) is 0 Å². The highest BCUT2D eigenvalue weighted by molar-refractivity contribution is 5.92. The number of nitro benzene ring substituents is 1. The summed E-state index contributed by atoms with van der Waals surface area (Å²) >= 11 is 0. The van der Waals surface area contributed by atoms with Crippen LogP contribution in [0.25, 0.3) is 11.5 Å². The standard InChI is InChI=1S/C12H10FN3O5/c1-2-20-12(17)9-10(14)21-11(15-9)6-3-7(13)5-8(4-6)16(18)19/h3-5H,2,14H2,1H3. The number of anilines is 1. The summed E-state index contributed by atoms with van der Waals surface area (Å²) < 4.78 is 23.1. The van der Waals surface area contributed by atoms with Gasteiger partial charge in [0.05, 0.1) is 17.6 Å². The fraction of sp³-hybridized carbons (Fsp3) is 0.167. The quantitative estimate of drug-likeness (QED) is 0.521. The minimum Gasteiger partial charge on any atom is -0.461 e. The molecule has 0 atom stereocenters. The first-order valence-corrected chi connectivity index (χ1v) is 5.81. The molecule has 1 aromatic carbocycles. The van der Waals surface area contributed by atoms with Gasteiger partial charge in [0.25, 0.3) is 5.69 Å². The SMILES string of the molecule is CCOC(=O)c1nc(-c2cc(F)cc([N+](=O)[O-])c2)oc1N. The van der Waals surface area contributed by atoms with Crippen LogP contribution in [0.3, 0.4) is 0 Å². The molecular formula is C12H10FN3O5. The Morgan fingerprint density at radius 1 is 1.52 bits per heavy atom. The highest BCUT2D eigenvalue weighted by Crippen LogP contribution is 2.28. The average Bonchev–Trinajstić information content (AvgIpc) is 2.80. The van der Waals surface area contributed by atoms with Crippen LogP contribution < -0.4 is 5.73 Å². The van der Waals surface area contributed by atoms with Crippen molar-refractivity contribution in [1.29, 1.82) is 0 Å². The number of aromatic nitrogens is 1. The second-order valence-corrected chi connectivity index (χ2v) is 3.91. The monoisotopic (exact) mass is 295 g/mol. The molecule has 0 amide bonds. The zero-order valence-electron chi connectivity index (χ0n) is 10.8. The number of nitrogens with zero attached hydrogens (tertiary/aromatic N) is 2. The van der Waals surface area contributed by atoms with Crippen molar-refractivity contribution in [2.24, 2.45) is 0 Å². The van der Waals surface area contributed by atoms with E-state index >= 15 is 0 Å². The number of hydrogen-bond donors (Lipinski definition) is 1. The van der Waals surface area contributed by atoms with Gasteiger partial charge in [-0.05, 0) is 13.0 Å². The lowest BCUT2D eigenvalue weighted by atomic mass is 10.2. The Labute approximate surface area is 117 Å². The van der Waals surface area contributed by atoms with E-state index in [-0.39, 0.29) is 29.6 Å². The number of rotatable bonds is 4. The number of nitrogen functional groups attached to an aromatic ring is 1. The summed E-state index contributed by atoms with van der Waals surface area (Å²) in [6.45, 7) is 1.72. The second kappa shape index (κ2) is 5.57. The van der Waals surface area contributed by atoms with Gasteiger partial charge in [-0.3, -0.25) is 10.1 Å². The minimum atomic E-state index is -0.839. The van der Waals surface area contributed by atoms with Crippen molar-refractivity contribution < 1.29 is 23.3 Å². The molecule has 2 rings (SSSR count). The number of carbonyl (C=O) groups excluding carboxylic acids is 1. The van der Waals surface area contributed by atoms with Gasteiger partial charge in [-0.25, -0.2) is 9.18 Å². The molecule has 0 saturated carbocycles. The normalized spacial score (nSPS) is 10.4. The van der Waals surface area contributed by atoms with Gasteiger partial charge < -0.3 is 14.9 Å². The lowest BCUT2D eigenvalue weighted by Crippen LogP contribution is -2.07. The van der Waals surface area contributed by atoms with E-state index in [2.05, 4.69) is 4.98 Å². The third-order valence-electron chi connectivity index (χ3n) is 2.46. The molecule has 1 heterocycles. The largest absolute Gasteiger partial charge is 0.461 e. The number of nitro groups is 1. The molecule has 0 aliphatic rings. The molecule has 0 aliphatic heterocycles. The van der Waals surface area contributed by atoms with Gasteiger partial charge >= 0.3 is 5.97 Å². The Hall–Kier alpha value is -2.97. The number of benzene rings is 1.